The molecule has 0 spiro atoms. The highest BCUT2D eigenvalue weighted by Crippen LogP contribution is 2.18. The number of rotatable bonds is 12. The number of hydrogen-bond donors (Lipinski definition) is 1. The van der Waals surface area contributed by atoms with E-state index in [2.05, 4.69) is 65.1 Å². The zero-order chi connectivity index (χ0) is 23.5. The molecule has 0 radical (unpaired) electrons. The molecule has 2 aromatic rings. The van der Waals surface area contributed by atoms with Gasteiger partial charge in [0.15, 0.2) is 0 Å². The Morgan fingerprint density at radius 3 is 2.48 bits per heavy atom. The fourth-order valence-corrected chi connectivity index (χ4v) is 4.04. The molecule has 2 heterocycles. The van der Waals surface area contributed by atoms with Crippen molar-refractivity contribution < 1.29 is 4.74 Å². The highest BCUT2D eigenvalue weighted by Gasteiger charge is 2.13. The van der Waals surface area contributed by atoms with E-state index in [0.717, 1.165) is 62.8 Å². The van der Waals surface area contributed by atoms with Crippen molar-refractivity contribution >= 4 is 17.7 Å². The lowest BCUT2D eigenvalue weighted by Gasteiger charge is -2.26. The molecule has 3 rings (SSSR count). The lowest BCUT2D eigenvalue weighted by Crippen LogP contribution is -2.33. The summed E-state index contributed by atoms with van der Waals surface area (Å²) in [7, 11) is 0. The summed E-state index contributed by atoms with van der Waals surface area (Å²) in [6.07, 6.45) is 7.77. The first-order chi connectivity index (χ1) is 16.1. The summed E-state index contributed by atoms with van der Waals surface area (Å²) < 4.78 is 6.02. The maximum Gasteiger partial charge on any atom is 0.319 e. The van der Waals surface area contributed by atoms with Crippen LogP contribution in [-0.2, 0) is 0 Å². The fraction of sp³-hybridized carbons (Fsp3) is 0.577. The smallest absolute Gasteiger partial charge is 0.319 e. The maximum atomic E-state index is 6.02. The van der Waals surface area contributed by atoms with E-state index in [9.17, 15) is 0 Å². The second-order valence-electron chi connectivity index (χ2n) is 8.84. The van der Waals surface area contributed by atoms with Crippen LogP contribution >= 0.6 is 0 Å². The van der Waals surface area contributed by atoms with Gasteiger partial charge in [-0.2, -0.15) is 15.1 Å². The highest BCUT2D eigenvalue weighted by molar-refractivity contribution is 5.79. The zero-order valence-corrected chi connectivity index (χ0v) is 20.8. The highest BCUT2D eigenvalue weighted by atomic mass is 16.5. The molecular weight excluding hydrogens is 412 g/mol. The van der Waals surface area contributed by atoms with Crippen LogP contribution in [0.25, 0.3) is 0 Å². The van der Waals surface area contributed by atoms with E-state index >= 15 is 0 Å². The summed E-state index contributed by atoms with van der Waals surface area (Å²) >= 11 is 0. The molecule has 0 aliphatic carbocycles. The van der Waals surface area contributed by atoms with Crippen molar-refractivity contribution in [3.05, 3.63) is 41.1 Å². The van der Waals surface area contributed by atoms with E-state index in [0.29, 0.717) is 12.6 Å². The molecule has 1 aliphatic heterocycles. The van der Waals surface area contributed by atoms with Gasteiger partial charge in [-0.1, -0.05) is 26.3 Å². The summed E-state index contributed by atoms with van der Waals surface area (Å²) in [6, 6.07) is 8.64. The van der Waals surface area contributed by atoms with Gasteiger partial charge in [0.05, 0.1) is 17.6 Å². The minimum atomic E-state index is 0.425. The van der Waals surface area contributed by atoms with Crippen LogP contribution in [0.3, 0.4) is 0 Å². The van der Waals surface area contributed by atoms with Gasteiger partial charge < -0.3 is 9.64 Å². The minimum absolute atomic E-state index is 0.425. The van der Waals surface area contributed by atoms with E-state index < -0.39 is 0 Å². The topological polar surface area (TPSA) is 65.9 Å². The molecule has 7 heteroatoms. The van der Waals surface area contributed by atoms with Crippen LogP contribution in [0, 0.1) is 13.8 Å². The first-order valence-corrected chi connectivity index (χ1v) is 12.4. The Kier molecular flexibility index (Phi) is 9.94. The number of aromatic nitrogens is 2. The van der Waals surface area contributed by atoms with Crippen molar-refractivity contribution in [3.63, 3.8) is 0 Å². The Hall–Kier alpha value is -2.67. The molecular formula is C26H40N6O. The number of aryl methyl sites for hydroxylation is 2. The van der Waals surface area contributed by atoms with Crippen LogP contribution in [0.2, 0.25) is 0 Å². The number of piperidine rings is 1. The second kappa shape index (κ2) is 13.1. The number of anilines is 2. The van der Waals surface area contributed by atoms with Crippen molar-refractivity contribution in [2.45, 2.75) is 59.8 Å². The van der Waals surface area contributed by atoms with E-state index in [1.165, 1.54) is 30.4 Å². The Labute approximate surface area is 199 Å². The van der Waals surface area contributed by atoms with Gasteiger partial charge in [-0.15, -0.1) is 0 Å². The van der Waals surface area contributed by atoms with Crippen LogP contribution in [0.5, 0.6) is 6.01 Å². The molecule has 0 atom stereocenters. The summed E-state index contributed by atoms with van der Waals surface area (Å²) in [5.41, 5.74) is 7.31. The van der Waals surface area contributed by atoms with Crippen LogP contribution in [0.15, 0.2) is 29.4 Å². The summed E-state index contributed by atoms with van der Waals surface area (Å²) in [5.74, 6) is 0.898. The van der Waals surface area contributed by atoms with Crippen molar-refractivity contribution in [1.82, 2.24) is 14.9 Å². The standard InChI is InChI=1S/C26H40N6O/c1-5-12-32(13-6-2)25-19-24(20-27-30-23-11-10-21(3)22(4)18-23)28-26(29-25)33-17-16-31-14-8-7-9-15-31/h10-11,18-20,30H,5-9,12-17H2,1-4H3/b27-20+. The molecule has 1 saturated heterocycles. The molecule has 1 N–H and O–H groups in total. The Morgan fingerprint density at radius 2 is 1.79 bits per heavy atom. The van der Waals surface area contributed by atoms with E-state index in [1.54, 1.807) is 6.21 Å². The van der Waals surface area contributed by atoms with Gasteiger partial charge in [0.1, 0.15) is 12.4 Å². The molecule has 1 aliphatic rings. The number of nitrogens with zero attached hydrogens (tertiary/aromatic N) is 5. The molecule has 0 amide bonds. The predicted molar refractivity (Wildman–Crippen MR) is 138 cm³/mol. The van der Waals surface area contributed by atoms with Gasteiger partial charge in [-0.25, -0.2) is 0 Å². The monoisotopic (exact) mass is 452 g/mol. The summed E-state index contributed by atoms with van der Waals surface area (Å²) in [5, 5.41) is 4.42. The van der Waals surface area contributed by atoms with Crippen LogP contribution < -0.4 is 15.1 Å². The van der Waals surface area contributed by atoms with Gasteiger partial charge in [0.2, 0.25) is 0 Å². The zero-order valence-electron chi connectivity index (χ0n) is 20.8. The lowest BCUT2D eigenvalue weighted by atomic mass is 10.1. The van der Waals surface area contributed by atoms with Gasteiger partial charge in [-0.3, -0.25) is 10.3 Å². The molecule has 0 bridgehead atoms. The molecule has 0 unspecified atom stereocenters. The van der Waals surface area contributed by atoms with E-state index in [4.69, 9.17) is 9.72 Å². The van der Waals surface area contributed by atoms with Crippen LogP contribution in [0.1, 0.15) is 62.8 Å². The number of benzene rings is 1. The van der Waals surface area contributed by atoms with Gasteiger partial charge in [0, 0.05) is 25.7 Å². The van der Waals surface area contributed by atoms with Crippen molar-refractivity contribution in [2.24, 2.45) is 5.10 Å². The van der Waals surface area contributed by atoms with Crippen LogP contribution in [-0.4, -0.2) is 60.4 Å². The van der Waals surface area contributed by atoms with Crippen molar-refractivity contribution in [3.8, 4) is 6.01 Å². The second-order valence-corrected chi connectivity index (χ2v) is 8.84. The van der Waals surface area contributed by atoms with Gasteiger partial charge >= 0.3 is 6.01 Å². The number of hydrazone groups is 1. The average Bonchev–Trinajstić information content (AvgIpc) is 2.82. The lowest BCUT2D eigenvalue weighted by molar-refractivity contribution is 0.177. The SMILES string of the molecule is CCCN(CCC)c1cc(/C=N/Nc2ccc(C)c(C)c2)nc(OCCN2CCCCC2)n1. The largest absolute Gasteiger partial charge is 0.462 e. The average molecular weight is 453 g/mol. The van der Waals surface area contributed by atoms with Crippen molar-refractivity contribution in [1.29, 1.82) is 0 Å². The van der Waals surface area contributed by atoms with Crippen molar-refractivity contribution in [2.75, 3.05) is 49.7 Å². The van der Waals surface area contributed by atoms with Gasteiger partial charge in [0.25, 0.3) is 0 Å². The number of hydrogen-bond acceptors (Lipinski definition) is 7. The molecule has 180 valence electrons. The Balaban J connectivity index is 1.72. The predicted octanol–water partition coefficient (Wildman–Crippen LogP) is 5.03. The first-order valence-electron chi connectivity index (χ1n) is 12.4. The molecule has 7 nitrogen and oxygen atoms in total. The first kappa shape index (κ1) is 25.0. The number of likely N-dealkylation sites (tertiary alicyclic amines) is 1. The summed E-state index contributed by atoms with van der Waals surface area (Å²) in [6.45, 7) is 14.3. The van der Waals surface area contributed by atoms with E-state index in [1.807, 2.05) is 12.1 Å². The third-order valence-electron chi connectivity index (χ3n) is 6.01. The Morgan fingerprint density at radius 1 is 1.03 bits per heavy atom. The fourth-order valence-electron chi connectivity index (χ4n) is 4.04. The number of ether oxygens (including phenoxy) is 1. The van der Waals surface area contributed by atoms with Gasteiger partial charge in [-0.05, 0) is 75.9 Å². The third-order valence-corrected chi connectivity index (χ3v) is 6.01. The molecule has 0 saturated carbocycles. The Bertz CT molecular complexity index is 888. The van der Waals surface area contributed by atoms with Crippen LogP contribution in [0.4, 0.5) is 11.5 Å². The number of nitrogens with one attached hydrogen (secondary N) is 1. The molecule has 1 fully saturated rings. The third kappa shape index (κ3) is 8.00. The summed E-state index contributed by atoms with van der Waals surface area (Å²) in [4.78, 5) is 14.1. The quantitative estimate of drug-likeness (QED) is 0.360. The maximum absolute atomic E-state index is 6.02. The molecule has 33 heavy (non-hydrogen) atoms. The minimum Gasteiger partial charge on any atom is -0.462 e. The normalized spacial score (nSPS) is 14.5. The molecule has 1 aromatic heterocycles. The molecule has 1 aromatic carbocycles. The van der Waals surface area contributed by atoms with E-state index in [-0.39, 0.29) is 0 Å².